The molecule has 3 rings (SSSR count). The molecule has 0 saturated carbocycles. The van der Waals surface area contributed by atoms with Crippen LogP contribution in [0.25, 0.3) is 11.1 Å². The van der Waals surface area contributed by atoms with Crippen LogP contribution < -0.4 is 22.5 Å². The monoisotopic (exact) mass is 348 g/mol. The Hall–Kier alpha value is -3.28. The number of anilines is 4. The van der Waals surface area contributed by atoms with E-state index in [9.17, 15) is 0 Å². The molecule has 2 aromatic carbocycles. The van der Waals surface area contributed by atoms with Gasteiger partial charge in [-0.1, -0.05) is 43.3 Å². The van der Waals surface area contributed by atoms with E-state index in [0.717, 1.165) is 35.5 Å². The molecule has 6 heteroatoms. The number of nitrogens with zero attached hydrogens (tertiary/aromatic N) is 2. The zero-order valence-electron chi connectivity index (χ0n) is 14.9. The second-order valence-corrected chi connectivity index (χ2v) is 6.11. The maximum Gasteiger partial charge on any atom is 0.222 e. The zero-order chi connectivity index (χ0) is 18.5. The van der Waals surface area contributed by atoms with E-state index in [1.54, 1.807) is 0 Å². The molecule has 0 unspecified atom stereocenters. The van der Waals surface area contributed by atoms with Gasteiger partial charge in [0.1, 0.15) is 5.82 Å². The number of nitrogen functional groups attached to an aromatic ring is 3. The lowest BCUT2D eigenvalue weighted by molar-refractivity contribution is 1.02. The molecule has 0 amide bonds. The van der Waals surface area contributed by atoms with Crippen molar-refractivity contribution in [3.05, 3.63) is 59.8 Å². The van der Waals surface area contributed by atoms with Gasteiger partial charge in [0.25, 0.3) is 0 Å². The van der Waals surface area contributed by atoms with Gasteiger partial charge >= 0.3 is 0 Å². The number of hydrogen-bond donors (Lipinski definition) is 4. The molecule has 0 saturated heterocycles. The van der Waals surface area contributed by atoms with Gasteiger partial charge in [0, 0.05) is 12.1 Å². The summed E-state index contributed by atoms with van der Waals surface area (Å²) in [5.74, 6) is 0.564. The Morgan fingerprint density at radius 3 is 2.42 bits per heavy atom. The summed E-state index contributed by atoms with van der Waals surface area (Å²) in [5, 5.41) is 3.38. The van der Waals surface area contributed by atoms with Crippen LogP contribution in [0.1, 0.15) is 18.2 Å². The van der Waals surface area contributed by atoms with E-state index in [-0.39, 0.29) is 5.95 Å². The van der Waals surface area contributed by atoms with Crippen LogP contribution in [0.15, 0.2) is 48.5 Å². The highest BCUT2D eigenvalue weighted by Crippen LogP contribution is 2.32. The topological polar surface area (TPSA) is 116 Å². The van der Waals surface area contributed by atoms with Gasteiger partial charge in [-0.3, -0.25) is 0 Å². The fourth-order valence-electron chi connectivity index (χ4n) is 2.98. The highest BCUT2D eigenvalue weighted by atomic mass is 15.0. The van der Waals surface area contributed by atoms with Gasteiger partial charge in [-0.15, -0.1) is 0 Å². The largest absolute Gasteiger partial charge is 0.397 e. The van der Waals surface area contributed by atoms with Crippen LogP contribution in [0.2, 0.25) is 0 Å². The third-order valence-corrected chi connectivity index (χ3v) is 4.28. The highest BCUT2D eigenvalue weighted by molar-refractivity contribution is 5.82. The molecule has 0 bridgehead atoms. The van der Waals surface area contributed by atoms with Gasteiger partial charge in [-0.25, -0.2) is 4.98 Å². The minimum absolute atomic E-state index is 0.190. The summed E-state index contributed by atoms with van der Waals surface area (Å²) in [6.45, 7) is 2.81. The second kappa shape index (κ2) is 7.74. The van der Waals surface area contributed by atoms with Crippen LogP contribution in [0.4, 0.5) is 23.1 Å². The van der Waals surface area contributed by atoms with Crippen molar-refractivity contribution in [3.63, 3.8) is 0 Å². The number of aryl methyl sites for hydroxylation is 1. The molecule has 0 atom stereocenters. The molecular formula is C20H24N6. The molecule has 134 valence electrons. The number of aromatic nitrogens is 2. The summed E-state index contributed by atoms with van der Waals surface area (Å²) in [6.07, 6.45) is 1.64. The average Bonchev–Trinajstić information content (AvgIpc) is 2.63. The van der Waals surface area contributed by atoms with E-state index >= 15 is 0 Å². The summed E-state index contributed by atoms with van der Waals surface area (Å²) >= 11 is 0. The number of nitrogens with one attached hydrogen (secondary N) is 1. The molecule has 1 aromatic heterocycles. The van der Waals surface area contributed by atoms with Crippen molar-refractivity contribution in [3.8, 4) is 11.1 Å². The quantitative estimate of drug-likeness (QED) is 0.509. The first kappa shape index (κ1) is 17.5. The lowest BCUT2D eigenvalue weighted by Crippen LogP contribution is -2.08. The van der Waals surface area contributed by atoms with Gasteiger partial charge in [-0.2, -0.15) is 4.98 Å². The van der Waals surface area contributed by atoms with E-state index in [2.05, 4.69) is 27.4 Å². The van der Waals surface area contributed by atoms with Crippen molar-refractivity contribution in [1.29, 1.82) is 0 Å². The fraction of sp³-hybridized carbons (Fsp3) is 0.200. The maximum absolute atomic E-state index is 6.24. The standard InChI is InChI=1S/C20H24N6/c1-2-16-18(19(22)26-20(23)25-16)14-8-9-17(15(21)12-14)24-11-10-13-6-4-3-5-7-13/h3-9,12,24H,2,10-11,21H2,1H3,(H4,22,23,25,26). The molecule has 1 heterocycles. The minimum atomic E-state index is 0.190. The first-order valence-corrected chi connectivity index (χ1v) is 8.68. The fourth-order valence-corrected chi connectivity index (χ4v) is 2.98. The van der Waals surface area contributed by atoms with Crippen LogP contribution >= 0.6 is 0 Å². The van der Waals surface area contributed by atoms with Gasteiger partial charge in [0.05, 0.1) is 17.1 Å². The lowest BCUT2D eigenvalue weighted by Gasteiger charge is -2.14. The van der Waals surface area contributed by atoms with E-state index in [0.29, 0.717) is 17.9 Å². The molecule has 6 nitrogen and oxygen atoms in total. The van der Waals surface area contributed by atoms with Gasteiger partial charge < -0.3 is 22.5 Å². The SMILES string of the molecule is CCc1nc(N)nc(N)c1-c1ccc(NCCc2ccccc2)c(N)c1. The first-order valence-electron chi connectivity index (χ1n) is 8.68. The van der Waals surface area contributed by atoms with Crippen molar-refractivity contribution in [2.75, 3.05) is 29.1 Å². The van der Waals surface area contributed by atoms with Crippen molar-refractivity contribution < 1.29 is 0 Å². The maximum atomic E-state index is 6.24. The average molecular weight is 348 g/mol. The van der Waals surface area contributed by atoms with Crippen molar-refractivity contribution in [2.45, 2.75) is 19.8 Å². The Kier molecular flexibility index (Phi) is 5.22. The van der Waals surface area contributed by atoms with E-state index in [1.165, 1.54) is 5.56 Å². The third-order valence-electron chi connectivity index (χ3n) is 4.28. The molecule has 0 fully saturated rings. The number of rotatable bonds is 6. The second-order valence-electron chi connectivity index (χ2n) is 6.11. The van der Waals surface area contributed by atoms with E-state index in [1.807, 2.05) is 43.3 Å². The van der Waals surface area contributed by atoms with Gasteiger partial charge in [0.15, 0.2) is 0 Å². The number of benzene rings is 2. The number of hydrogen-bond acceptors (Lipinski definition) is 6. The molecule has 3 aromatic rings. The van der Waals surface area contributed by atoms with Crippen LogP contribution in [0, 0.1) is 0 Å². The van der Waals surface area contributed by atoms with Crippen LogP contribution in [0.3, 0.4) is 0 Å². The van der Waals surface area contributed by atoms with Crippen LogP contribution in [-0.4, -0.2) is 16.5 Å². The predicted octanol–water partition coefficient (Wildman–Crippen LogP) is 3.11. The summed E-state index contributed by atoms with van der Waals surface area (Å²) in [7, 11) is 0. The molecular weight excluding hydrogens is 324 g/mol. The molecule has 0 aliphatic heterocycles. The molecule has 0 aliphatic carbocycles. The third kappa shape index (κ3) is 3.85. The smallest absolute Gasteiger partial charge is 0.222 e. The Bertz CT molecular complexity index is 892. The summed E-state index contributed by atoms with van der Waals surface area (Å²) in [5.41, 5.74) is 23.4. The number of nitrogens with two attached hydrogens (primary N) is 3. The Balaban J connectivity index is 1.78. The normalized spacial score (nSPS) is 10.7. The minimum Gasteiger partial charge on any atom is -0.397 e. The van der Waals surface area contributed by atoms with Gasteiger partial charge in [0.2, 0.25) is 5.95 Å². The van der Waals surface area contributed by atoms with Crippen molar-refractivity contribution >= 4 is 23.1 Å². The molecule has 26 heavy (non-hydrogen) atoms. The predicted molar refractivity (Wildman–Crippen MR) is 109 cm³/mol. The highest BCUT2D eigenvalue weighted by Gasteiger charge is 2.13. The first-order chi connectivity index (χ1) is 12.6. The zero-order valence-corrected chi connectivity index (χ0v) is 14.9. The lowest BCUT2D eigenvalue weighted by atomic mass is 10.0. The molecule has 7 N–H and O–H groups in total. The molecule has 0 radical (unpaired) electrons. The Morgan fingerprint density at radius 2 is 1.73 bits per heavy atom. The molecule has 0 spiro atoms. The Morgan fingerprint density at radius 1 is 0.962 bits per heavy atom. The Labute approximate surface area is 153 Å². The van der Waals surface area contributed by atoms with Crippen LogP contribution in [-0.2, 0) is 12.8 Å². The van der Waals surface area contributed by atoms with Crippen molar-refractivity contribution in [1.82, 2.24) is 9.97 Å². The van der Waals surface area contributed by atoms with E-state index < -0.39 is 0 Å². The van der Waals surface area contributed by atoms with E-state index in [4.69, 9.17) is 17.2 Å². The van der Waals surface area contributed by atoms with Gasteiger partial charge in [-0.05, 0) is 36.1 Å². The summed E-state index contributed by atoms with van der Waals surface area (Å²) < 4.78 is 0. The van der Waals surface area contributed by atoms with Crippen LogP contribution in [0.5, 0.6) is 0 Å². The van der Waals surface area contributed by atoms with Crippen molar-refractivity contribution in [2.24, 2.45) is 0 Å². The molecule has 0 aliphatic rings. The summed E-state index contributed by atoms with van der Waals surface area (Å²) in [4.78, 5) is 8.38. The summed E-state index contributed by atoms with van der Waals surface area (Å²) in [6, 6.07) is 16.2.